The molecule has 2 heterocycles. The van der Waals surface area contributed by atoms with Gasteiger partial charge in [0.25, 0.3) is 5.24 Å². The number of thioether (sulfide) groups is 1. The lowest BCUT2D eigenvalue weighted by Gasteiger charge is -2.04. The molecular weight excluding hydrogens is 372 g/mol. The van der Waals surface area contributed by atoms with Gasteiger partial charge in [0.2, 0.25) is 5.91 Å². The molecule has 1 unspecified atom stereocenters. The fourth-order valence-electron chi connectivity index (χ4n) is 3.49. The molecule has 4 aromatic rings. The highest BCUT2D eigenvalue weighted by molar-refractivity contribution is 8.15. The number of amides is 2. The molecule has 0 saturated carbocycles. The average Bonchev–Trinajstić information content (AvgIpc) is 3.23. The van der Waals surface area contributed by atoms with Crippen LogP contribution in [-0.4, -0.2) is 21.4 Å². The van der Waals surface area contributed by atoms with Gasteiger partial charge in [-0.3, -0.25) is 14.9 Å². The van der Waals surface area contributed by atoms with E-state index in [1.54, 1.807) is 0 Å². The first-order valence-corrected chi connectivity index (χ1v) is 9.89. The zero-order valence-electron chi connectivity index (χ0n) is 14.8. The van der Waals surface area contributed by atoms with Crippen LogP contribution < -0.4 is 5.32 Å². The van der Waals surface area contributed by atoms with Crippen LogP contribution in [0.1, 0.15) is 17.0 Å². The number of oxazole rings is 1. The van der Waals surface area contributed by atoms with Gasteiger partial charge in [0.05, 0.1) is 5.25 Å². The first kappa shape index (κ1) is 17.0. The van der Waals surface area contributed by atoms with Crippen LogP contribution >= 0.6 is 11.8 Å². The summed E-state index contributed by atoms with van der Waals surface area (Å²) in [5, 5.41) is 4.06. The summed E-state index contributed by atoms with van der Waals surface area (Å²) in [5.41, 5.74) is 3.59. The number of nitrogens with zero attached hydrogens (tertiary/aromatic N) is 1. The first-order valence-electron chi connectivity index (χ1n) is 9.01. The number of aromatic nitrogens is 1. The van der Waals surface area contributed by atoms with Crippen LogP contribution in [0.4, 0.5) is 4.79 Å². The molecule has 5 rings (SSSR count). The maximum Gasteiger partial charge on any atom is 0.286 e. The van der Waals surface area contributed by atoms with Crippen LogP contribution in [0.3, 0.4) is 0 Å². The van der Waals surface area contributed by atoms with Crippen LogP contribution in [0, 0.1) is 0 Å². The summed E-state index contributed by atoms with van der Waals surface area (Å²) in [5.74, 6) is 0.429. The molecule has 1 aliphatic rings. The Bertz CT molecular complexity index is 1230. The molecule has 0 spiro atoms. The quantitative estimate of drug-likeness (QED) is 0.559. The third kappa shape index (κ3) is 3.27. The number of carbonyl (C=O) groups excluding carboxylic acids is 2. The number of nitrogens with one attached hydrogen (secondary N) is 1. The van der Waals surface area contributed by atoms with Crippen molar-refractivity contribution in [3.8, 4) is 0 Å². The Morgan fingerprint density at radius 3 is 2.61 bits per heavy atom. The lowest BCUT2D eigenvalue weighted by atomic mass is 10.1. The number of hydrogen-bond acceptors (Lipinski definition) is 5. The Kier molecular flexibility index (Phi) is 4.13. The normalized spacial score (nSPS) is 16.8. The summed E-state index contributed by atoms with van der Waals surface area (Å²) >= 11 is 1.04. The van der Waals surface area contributed by atoms with Gasteiger partial charge < -0.3 is 4.42 Å². The number of fused-ring (bicyclic) bond motifs is 2. The Balaban J connectivity index is 1.38. The maximum absolute atomic E-state index is 11.8. The minimum Gasteiger partial charge on any atom is -0.440 e. The molecule has 1 saturated heterocycles. The molecule has 0 radical (unpaired) electrons. The van der Waals surface area contributed by atoms with Crippen LogP contribution in [0.15, 0.2) is 65.1 Å². The predicted octanol–water partition coefficient (Wildman–Crippen LogP) is 4.47. The van der Waals surface area contributed by atoms with Crippen molar-refractivity contribution >= 4 is 44.8 Å². The summed E-state index contributed by atoms with van der Waals surface area (Å²) in [4.78, 5) is 27.7. The Morgan fingerprint density at radius 2 is 1.79 bits per heavy atom. The molecule has 2 amide bonds. The Labute approximate surface area is 165 Å². The van der Waals surface area contributed by atoms with E-state index in [-0.39, 0.29) is 16.4 Å². The summed E-state index contributed by atoms with van der Waals surface area (Å²) < 4.78 is 5.90. The van der Waals surface area contributed by atoms with Gasteiger partial charge in [0.15, 0.2) is 11.5 Å². The molecule has 1 atom stereocenters. The second kappa shape index (κ2) is 6.80. The highest BCUT2D eigenvalue weighted by atomic mass is 32.2. The van der Waals surface area contributed by atoms with Crippen molar-refractivity contribution in [2.24, 2.45) is 0 Å². The van der Waals surface area contributed by atoms with Crippen molar-refractivity contribution in [2.45, 2.75) is 18.1 Å². The number of hydrogen-bond donors (Lipinski definition) is 1. The Morgan fingerprint density at radius 1 is 0.964 bits per heavy atom. The van der Waals surface area contributed by atoms with E-state index in [1.165, 1.54) is 10.8 Å². The standard InChI is InChI=1S/C22H16N2O3S/c25-21-19(28-22(26)24-21)11-14-6-8-18-17(10-14)23-20(27-18)12-13-5-7-15-3-1-2-4-16(15)9-13/h1-10,19H,11-12H2,(H,24,25,26). The minimum atomic E-state index is -0.381. The molecule has 1 aromatic heterocycles. The van der Waals surface area contributed by atoms with Gasteiger partial charge in [-0.05, 0) is 40.5 Å². The molecule has 0 aliphatic carbocycles. The number of benzene rings is 3. The van der Waals surface area contributed by atoms with E-state index in [1.807, 2.05) is 30.3 Å². The molecule has 138 valence electrons. The SMILES string of the molecule is O=C1NC(=O)C(Cc2ccc3oc(Cc4ccc5ccccc5c4)nc3c2)S1. The van der Waals surface area contributed by atoms with Gasteiger partial charge in [0.1, 0.15) is 5.52 Å². The van der Waals surface area contributed by atoms with Crippen molar-refractivity contribution in [3.05, 3.63) is 77.7 Å². The van der Waals surface area contributed by atoms with E-state index < -0.39 is 0 Å². The van der Waals surface area contributed by atoms with E-state index in [2.05, 4.69) is 40.6 Å². The number of carbonyl (C=O) groups is 2. The lowest BCUT2D eigenvalue weighted by Crippen LogP contribution is -2.25. The fraction of sp³-hybridized carbons (Fsp3) is 0.136. The second-order valence-electron chi connectivity index (χ2n) is 6.86. The zero-order chi connectivity index (χ0) is 19.1. The third-order valence-corrected chi connectivity index (χ3v) is 5.83. The highest BCUT2D eigenvalue weighted by Gasteiger charge is 2.31. The summed E-state index contributed by atoms with van der Waals surface area (Å²) in [6.45, 7) is 0. The molecule has 6 heteroatoms. The van der Waals surface area contributed by atoms with Crippen molar-refractivity contribution < 1.29 is 14.0 Å². The number of imide groups is 1. The monoisotopic (exact) mass is 388 g/mol. The van der Waals surface area contributed by atoms with Crippen LogP contribution in [0.25, 0.3) is 21.9 Å². The van der Waals surface area contributed by atoms with Gasteiger partial charge >= 0.3 is 0 Å². The van der Waals surface area contributed by atoms with Crippen LogP contribution in [0.5, 0.6) is 0 Å². The van der Waals surface area contributed by atoms with Crippen LogP contribution in [-0.2, 0) is 17.6 Å². The van der Waals surface area contributed by atoms with Crippen molar-refractivity contribution in [1.29, 1.82) is 0 Å². The van der Waals surface area contributed by atoms with E-state index in [0.29, 0.717) is 18.7 Å². The summed E-state index contributed by atoms with van der Waals surface area (Å²) in [6, 6.07) is 20.3. The molecule has 1 fully saturated rings. The second-order valence-corrected chi connectivity index (χ2v) is 8.03. The van der Waals surface area contributed by atoms with Gasteiger partial charge in [-0.25, -0.2) is 4.98 Å². The van der Waals surface area contributed by atoms with E-state index in [9.17, 15) is 9.59 Å². The first-order chi connectivity index (χ1) is 13.6. The smallest absolute Gasteiger partial charge is 0.286 e. The van der Waals surface area contributed by atoms with E-state index >= 15 is 0 Å². The maximum atomic E-state index is 11.8. The number of rotatable bonds is 4. The van der Waals surface area contributed by atoms with Crippen molar-refractivity contribution in [2.75, 3.05) is 0 Å². The molecule has 28 heavy (non-hydrogen) atoms. The Hall–Kier alpha value is -3.12. The highest BCUT2D eigenvalue weighted by Crippen LogP contribution is 2.26. The largest absolute Gasteiger partial charge is 0.440 e. The van der Waals surface area contributed by atoms with Gasteiger partial charge in [0, 0.05) is 6.42 Å². The van der Waals surface area contributed by atoms with Crippen molar-refractivity contribution in [1.82, 2.24) is 10.3 Å². The molecule has 0 bridgehead atoms. The lowest BCUT2D eigenvalue weighted by molar-refractivity contribution is -0.118. The molecule has 1 N–H and O–H groups in total. The van der Waals surface area contributed by atoms with Crippen molar-refractivity contribution in [3.63, 3.8) is 0 Å². The molecule has 5 nitrogen and oxygen atoms in total. The minimum absolute atomic E-state index is 0.229. The average molecular weight is 388 g/mol. The van der Waals surface area contributed by atoms with Crippen LogP contribution in [0.2, 0.25) is 0 Å². The summed E-state index contributed by atoms with van der Waals surface area (Å²) in [7, 11) is 0. The zero-order valence-corrected chi connectivity index (χ0v) is 15.7. The van der Waals surface area contributed by atoms with E-state index in [4.69, 9.17) is 4.42 Å². The predicted molar refractivity (Wildman–Crippen MR) is 109 cm³/mol. The fourth-order valence-corrected chi connectivity index (χ4v) is 4.35. The van der Waals surface area contributed by atoms with Gasteiger partial charge in [-0.15, -0.1) is 0 Å². The topological polar surface area (TPSA) is 72.2 Å². The van der Waals surface area contributed by atoms with Gasteiger partial charge in [-0.1, -0.05) is 60.3 Å². The molecule has 1 aliphatic heterocycles. The molecular formula is C22H16N2O3S. The third-order valence-electron chi connectivity index (χ3n) is 4.85. The summed E-state index contributed by atoms with van der Waals surface area (Å²) in [6.07, 6.45) is 1.11. The van der Waals surface area contributed by atoms with Gasteiger partial charge in [-0.2, -0.15) is 0 Å². The molecule has 3 aromatic carbocycles. The van der Waals surface area contributed by atoms with E-state index in [0.717, 1.165) is 34.0 Å².